The molecule has 2 rings (SSSR count). The number of nitrogens with zero attached hydrogens (tertiary/aromatic N) is 1. The summed E-state index contributed by atoms with van der Waals surface area (Å²) in [5.41, 5.74) is -0.115. The van der Waals surface area contributed by atoms with Gasteiger partial charge in [-0.3, -0.25) is 9.69 Å². The van der Waals surface area contributed by atoms with E-state index >= 15 is 0 Å². The molecule has 5 heteroatoms. The third-order valence-electron chi connectivity index (χ3n) is 4.03. The molecule has 1 aliphatic rings. The lowest BCUT2D eigenvalue weighted by Crippen LogP contribution is -2.32. The molecule has 2 unspecified atom stereocenters. The first-order chi connectivity index (χ1) is 8.83. The molecular weight excluding hydrogens is 246 g/mol. The fourth-order valence-corrected chi connectivity index (χ4v) is 2.58. The van der Waals surface area contributed by atoms with Gasteiger partial charge in [-0.2, -0.15) is 0 Å². The van der Waals surface area contributed by atoms with Gasteiger partial charge in [0.25, 0.3) is 0 Å². The summed E-state index contributed by atoms with van der Waals surface area (Å²) in [4.78, 5) is 13.2. The van der Waals surface area contributed by atoms with Gasteiger partial charge >= 0.3 is 5.97 Å². The number of rotatable bonds is 3. The van der Waals surface area contributed by atoms with Crippen LogP contribution in [0.25, 0.3) is 0 Å². The van der Waals surface area contributed by atoms with E-state index in [1.165, 1.54) is 18.2 Å². The Labute approximate surface area is 112 Å². The Kier molecular flexibility index (Phi) is 3.41. The fourth-order valence-electron chi connectivity index (χ4n) is 2.58. The van der Waals surface area contributed by atoms with E-state index in [1.54, 1.807) is 6.92 Å². The second-order valence-electron chi connectivity index (χ2n) is 5.51. The molecule has 0 saturated carbocycles. The van der Waals surface area contributed by atoms with Gasteiger partial charge in [-0.25, -0.2) is 0 Å². The standard InChI is InChI=1S/C14H19NO4/c1-9(11-7-10(16)3-4-12(11)17)15-6-5-14(2,8-15)13(18)19/h3-4,7,9,16-17H,5-6,8H2,1-2H3,(H,18,19). The van der Waals surface area contributed by atoms with Crippen LogP contribution in [0.4, 0.5) is 0 Å². The van der Waals surface area contributed by atoms with Crippen molar-refractivity contribution in [2.24, 2.45) is 5.41 Å². The highest BCUT2D eigenvalue weighted by molar-refractivity contribution is 5.74. The minimum absolute atomic E-state index is 0.0971. The fraction of sp³-hybridized carbons (Fsp3) is 0.500. The first kappa shape index (κ1) is 13.7. The quantitative estimate of drug-likeness (QED) is 0.728. The highest BCUT2D eigenvalue weighted by Gasteiger charge is 2.42. The van der Waals surface area contributed by atoms with Crippen LogP contribution in [0.2, 0.25) is 0 Å². The van der Waals surface area contributed by atoms with Crippen LogP contribution < -0.4 is 0 Å². The Bertz CT molecular complexity index is 502. The van der Waals surface area contributed by atoms with E-state index in [1.807, 2.05) is 11.8 Å². The van der Waals surface area contributed by atoms with Crippen LogP contribution in [0.1, 0.15) is 31.9 Å². The van der Waals surface area contributed by atoms with Crippen molar-refractivity contribution >= 4 is 5.97 Å². The van der Waals surface area contributed by atoms with Crippen LogP contribution in [-0.2, 0) is 4.79 Å². The van der Waals surface area contributed by atoms with E-state index in [0.717, 1.165) is 0 Å². The number of hydrogen-bond donors (Lipinski definition) is 3. The summed E-state index contributed by atoms with van der Waals surface area (Å²) >= 11 is 0. The van der Waals surface area contributed by atoms with Crippen LogP contribution in [0.3, 0.4) is 0 Å². The molecule has 0 radical (unpaired) electrons. The van der Waals surface area contributed by atoms with Crippen molar-refractivity contribution in [1.29, 1.82) is 0 Å². The molecular formula is C14H19NO4. The molecule has 0 aromatic heterocycles. The molecule has 2 atom stereocenters. The third kappa shape index (κ3) is 2.51. The van der Waals surface area contributed by atoms with Gasteiger partial charge < -0.3 is 15.3 Å². The second kappa shape index (κ2) is 4.74. The molecule has 0 aliphatic carbocycles. The SMILES string of the molecule is CC(c1cc(O)ccc1O)N1CCC(C)(C(=O)O)C1. The van der Waals surface area contributed by atoms with E-state index in [-0.39, 0.29) is 17.5 Å². The zero-order valence-corrected chi connectivity index (χ0v) is 11.1. The molecule has 0 spiro atoms. The molecule has 0 amide bonds. The monoisotopic (exact) mass is 265 g/mol. The Balaban J connectivity index is 2.20. The maximum Gasteiger partial charge on any atom is 0.310 e. The maximum absolute atomic E-state index is 11.2. The number of aromatic hydroxyl groups is 2. The highest BCUT2D eigenvalue weighted by atomic mass is 16.4. The number of aliphatic carboxylic acids is 1. The van der Waals surface area contributed by atoms with Gasteiger partial charge in [-0.15, -0.1) is 0 Å². The first-order valence-electron chi connectivity index (χ1n) is 6.33. The predicted octanol–water partition coefficient (Wildman–Crippen LogP) is 1.96. The highest BCUT2D eigenvalue weighted by Crippen LogP contribution is 2.38. The predicted molar refractivity (Wildman–Crippen MR) is 70.1 cm³/mol. The van der Waals surface area contributed by atoms with Crippen molar-refractivity contribution in [2.45, 2.75) is 26.3 Å². The zero-order chi connectivity index (χ0) is 14.2. The molecule has 1 aliphatic heterocycles. The summed E-state index contributed by atoms with van der Waals surface area (Å²) in [5, 5.41) is 28.6. The molecule has 104 valence electrons. The molecule has 19 heavy (non-hydrogen) atoms. The number of carboxylic acids is 1. The summed E-state index contributed by atoms with van der Waals surface area (Å²) in [6.07, 6.45) is 0.590. The lowest BCUT2D eigenvalue weighted by molar-refractivity contribution is -0.147. The van der Waals surface area contributed by atoms with E-state index < -0.39 is 11.4 Å². The van der Waals surface area contributed by atoms with Crippen LogP contribution in [0.15, 0.2) is 18.2 Å². The Morgan fingerprint density at radius 1 is 1.42 bits per heavy atom. The van der Waals surface area contributed by atoms with E-state index in [4.69, 9.17) is 0 Å². The van der Waals surface area contributed by atoms with Crippen molar-refractivity contribution < 1.29 is 20.1 Å². The summed E-state index contributed by atoms with van der Waals surface area (Å²) in [6.45, 7) is 4.75. The molecule has 5 nitrogen and oxygen atoms in total. The summed E-state index contributed by atoms with van der Waals surface area (Å²) < 4.78 is 0. The van der Waals surface area contributed by atoms with Crippen molar-refractivity contribution in [3.8, 4) is 11.5 Å². The molecule has 1 fully saturated rings. The third-order valence-corrected chi connectivity index (χ3v) is 4.03. The van der Waals surface area contributed by atoms with E-state index in [0.29, 0.717) is 25.1 Å². The van der Waals surface area contributed by atoms with Crippen molar-refractivity contribution in [3.05, 3.63) is 23.8 Å². The summed E-state index contributed by atoms with van der Waals surface area (Å²) in [7, 11) is 0. The number of carboxylic acid groups (broad SMARTS) is 1. The van der Waals surface area contributed by atoms with E-state index in [9.17, 15) is 20.1 Å². The maximum atomic E-state index is 11.2. The first-order valence-corrected chi connectivity index (χ1v) is 6.33. The number of phenols is 2. The number of likely N-dealkylation sites (tertiary alicyclic amines) is 1. The zero-order valence-electron chi connectivity index (χ0n) is 11.1. The number of carbonyl (C=O) groups is 1. The molecule has 0 bridgehead atoms. The molecule has 1 aromatic rings. The Morgan fingerprint density at radius 2 is 2.11 bits per heavy atom. The second-order valence-corrected chi connectivity index (χ2v) is 5.51. The number of benzene rings is 1. The largest absolute Gasteiger partial charge is 0.508 e. The molecule has 1 heterocycles. The average molecular weight is 265 g/mol. The van der Waals surface area contributed by atoms with Gasteiger partial charge in [0.1, 0.15) is 11.5 Å². The Hall–Kier alpha value is -1.75. The lowest BCUT2D eigenvalue weighted by Gasteiger charge is -2.26. The van der Waals surface area contributed by atoms with Gasteiger partial charge in [0.05, 0.1) is 5.41 Å². The van der Waals surface area contributed by atoms with Gasteiger partial charge in [0.15, 0.2) is 0 Å². The van der Waals surface area contributed by atoms with Gasteiger partial charge in [-0.05, 0) is 45.0 Å². The average Bonchev–Trinajstić information content (AvgIpc) is 2.76. The molecule has 3 N–H and O–H groups in total. The van der Waals surface area contributed by atoms with Gasteiger partial charge in [0, 0.05) is 18.2 Å². The van der Waals surface area contributed by atoms with Crippen molar-refractivity contribution in [2.75, 3.05) is 13.1 Å². The van der Waals surface area contributed by atoms with Crippen LogP contribution in [0.5, 0.6) is 11.5 Å². The molecule has 1 aromatic carbocycles. The summed E-state index contributed by atoms with van der Waals surface area (Å²) in [5.74, 6) is -0.573. The normalized spacial score (nSPS) is 25.4. The van der Waals surface area contributed by atoms with Crippen molar-refractivity contribution in [3.63, 3.8) is 0 Å². The van der Waals surface area contributed by atoms with Gasteiger partial charge in [0.2, 0.25) is 0 Å². The van der Waals surface area contributed by atoms with Crippen molar-refractivity contribution in [1.82, 2.24) is 4.90 Å². The topological polar surface area (TPSA) is 81.0 Å². The molecule has 1 saturated heterocycles. The Morgan fingerprint density at radius 3 is 2.68 bits per heavy atom. The minimum Gasteiger partial charge on any atom is -0.508 e. The van der Waals surface area contributed by atoms with Crippen LogP contribution in [-0.4, -0.2) is 39.3 Å². The minimum atomic E-state index is -0.790. The number of phenolic OH excluding ortho intramolecular Hbond substituents is 2. The smallest absolute Gasteiger partial charge is 0.310 e. The van der Waals surface area contributed by atoms with Crippen LogP contribution >= 0.6 is 0 Å². The van der Waals surface area contributed by atoms with E-state index in [2.05, 4.69) is 0 Å². The van der Waals surface area contributed by atoms with Crippen LogP contribution in [0, 0.1) is 5.41 Å². The number of hydrogen-bond acceptors (Lipinski definition) is 4. The van der Waals surface area contributed by atoms with Gasteiger partial charge in [-0.1, -0.05) is 0 Å². The lowest BCUT2D eigenvalue weighted by atomic mass is 9.90. The summed E-state index contributed by atoms with van der Waals surface area (Å²) in [6, 6.07) is 4.27.